The van der Waals surface area contributed by atoms with Crippen molar-refractivity contribution in [3.8, 4) is 0 Å². The highest BCUT2D eigenvalue weighted by Gasteiger charge is 2.21. The van der Waals surface area contributed by atoms with Crippen molar-refractivity contribution in [2.75, 3.05) is 19.7 Å². The number of aliphatic hydroxyl groups excluding tert-OH is 1. The molecule has 3 nitrogen and oxygen atoms in total. The summed E-state index contributed by atoms with van der Waals surface area (Å²) >= 11 is 0. The molecule has 2 unspecified atom stereocenters. The summed E-state index contributed by atoms with van der Waals surface area (Å²) in [6, 6.07) is 0.248. The molecule has 15 heavy (non-hydrogen) atoms. The number of hydrogen-bond donors (Lipinski definition) is 2. The Morgan fingerprint density at radius 3 is 2.27 bits per heavy atom. The molecule has 92 valence electrons. The van der Waals surface area contributed by atoms with Crippen LogP contribution in [-0.2, 0) is 0 Å². The van der Waals surface area contributed by atoms with E-state index in [9.17, 15) is 5.11 Å². The van der Waals surface area contributed by atoms with Crippen LogP contribution in [0.3, 0.4) is 0 Å². The summed E-state index contributed by atoms with van der Waals surface area (Å²) in [5.41, 5.74) is 6.09. The van der Waals surface area contributed by atoms with Crippen LogP contribution >= 0.6 is 0 Å². The number of unbranched alkanes of at least 4 members (excludes halogenated alkanes) is 1. The van der Waals surface area contributed by atoms with Crippen molar-refractivity contribution in [3.63, 3.8) is 0 Å². The Bertz CT molecular complexity index is 142. The van der Waals surface area contributed by atoms with Crippen molar-refractivity contribution in [3.05, 3.63) is 0 Å². The van der Waals surface area contributed by atoms with Gasteiger partial charge in [-0.05, 0) is 25.9 Å². The molecule has 0 saturated heterocycles. The second-order valence-electron chi connectivity index (χ2n) is 4.18. The van der Waals surface area contributed by atoms with E-state index >= 15 is 0 Å². The van der Waals surface area contributed by atoms with Crippen molar-refractivity contribution < 1.29 is 5.11 Å². The summed E-state index contributed by atoms with van der Waals surface area (Å²) in [5, 5.41) is 9.40. The maximum Gasteiger partial charge on any atom is 0.0601 e. The molecule has 0 amide bonds. The van der Waals surface area contributed by atoms with Crippen LogP contribution < -0.4 is 5.73 Å². The van der Waals surface area contributed by atoms with E-state index in [0.717, 1.165) is 25.9 Å². The largest absolute Gasteiger partial charge is 0.395 e. The average Bonchev–Trinajstić information content (AvgIpc) is 2.24. The fraction of sp³-hybridized carbons (Fsp3) is 1.00. The summed E-state index contributed by atoms with van der Waals surface area (Å²) in [6.45, 7) is 8.67. The Hall–Kier alpha value is -0.120. The van der Waals surface area contributed by atoms with Crippen molar-refractivity contribution >= 4 is 0 Å². The van der Waals surface area contributed by atoms with Gasteiger partial charge in [0, 0.05) is 12.1 Å². The number of rotatable bonds is 9. The third-order valence-electron chi connectivity index (χ3n) is 2.98. The molecule has 0 aliphatic carbocycles. The lowest BCUT2D eigenvalue weighted by Gasteiger charge is -2.33. The van der Waals surface area contributed by atoms with Crippen molar-refractivity contribution in [1.82, 2.24) is 4.90 Å². The van der Waals surface area contributed by atoms with Crippen LogP contribution in [0.5, 0.6) is 0 Å². The van der Waals surface area contributed by atoms with Crippen LogP contribution in [-0.4, -0.2) is 41.8 Å². The first-order chi connectivity index (χ1) is 7.21. The molecule has 0 spiro atoms. The van der Waals surface area contributed by atoms with E-state index in [4.69, 9.17) is 5.73 Å². The summed E-state index contributed by atoms with van der Waals surface area (Å²) in [4.78, 5) is 2.31. The monoisotopic (exact) mass is 216 g/mol. The first kappa shape index (κ1) is 14.9. The average molecular weight is 216 g/mol. The molecule has 0 aromatic carbocycles. The highest BCUT2D eigenvalue weighted by Crippen LogP contribution is 2.09. The Morgan fingerprint density at radius 2 is 1.87 bits per heavy atom. The zero-order chi connectivity index (χ0) is 11.7. The van der Waals surface area contributed by atoms with E-state index in [1.165, 1.54) is 12.8 Å². The number of hydrogen-bond acceptors (Lipinski definition) is 3. The number of nitrogens with two attached hydrogens (primary N) is 1. The number of likely N-dealkylation sites (N-methyl/N-ethyl adjacent to an activating group) is 1. The van der Waals surface area contributed by atoms with Crippen LogP contribution in [0.2, 0.25) is 0 Å². The molecule has 0 rings (SSSR count). The Labute approximate surface area is 94.6 Å². The maximum atomic E-state index is 9.40. The molecule has 2 atom stereocenters. The third kappa shape index (κ3) is 5.50. The van der Waals surface area contributed by atoms with Gasteiger partial charge in [0.05, 0.1) is 6.61 Å². The lowest BCUT2D eigenvalue weighted by Crippen LogP contribution is -2.50. The summed E-state index contributed by atoms with van der Waals surface area (Å²) in [6.07, 6.45) is 4.46. The van der Waals surface area contributed by atoms with Crippen LogP contribution in [0.1, 0.15) is 46.5 Å². The Morgan fingerprint density at radius 1 is 1.20 bits per heavy atom. The van der Waals surface area contributed by atoms with Crippen molar-refractivity contribution in [1.29, 1.82) is 0 Å². The zero-order valence-corrected chi connectivity index (χ0v) is 10.6. The van der Waals surface area contributed by atoms with E-state index in [0.29, 0.717) is 0 Å². The predicted molar refractivity (Wildman–Crippen MR) is 65.9 cm³/mol. The topological polar surface area (TPSA) is 49.5 Å². The molecule has 0 fully saturated rings. The molecule has 3 heteroatoms. The standard InChI is InChI=1S/C12H28N2O/c1-4-7-9-14(6-3)12(10-15)11(13)8-5-2/h11-12,15H,4-10,13H2,1-3H3. The lowest BCUT2D eigenvalue weighted by atomic mass is 10.0. The van der Waals surface area contributed by atoms with Gasteiger partial charge in [-0.1, -0.05) is 33.6 Å². The van der Waals surface area contributed by atoms with Crippen LogP contribution in [0, 0.1) is 0 Å². The van der Waals surface area contributed by atoms with Crippen molar-refractivity contribution in [2.24, 2.45) is 5.73 Å². The van der Waals surface area contributed by atoms with Gasteiger partial charge in [-0.15, -0.1) is 0 Å². The fourth-order valence-corrected chi connectivity index (χ4v) is 1.97. The normalized spacial score (nSPS) is 15.6. The van der Waals surface area contributed by atoms with Crippen LogP contribution in [0.4, 0.5) is 0 Å². The quantitative estimate of drug-likeness (QED) is 0.615. The van der Waals surface area contributed by atoms with Gasteiger partial charge < -0.3 is 10.8 Å². The number of nitrogens with zero attached hydrogens (tertiary/aromatic N) is 1. The van der Waals surface area contributed by atoms with Crippen LogP contribution in [0.25, 0.3) is 0 Å². The molecule has 0 saturated carbocycles. The summed E-state index contributed by atoms with van der Waals surface area (Å²) in [5.74, 6) is 0. The SMILES string of the molecule is CCCCN(CC)C(CO)C(N)CCC. The molecule has 0 radical (unpaired) electrons. The minimum atomic E-state index is 0.108. The van der Waals surface area contributed by atoms with Gasteiger partial charge in [-0.25, -0.2) is 0 Å². The predicted octanol–water partition coefficient (Wildman–Crippen LogP) is 1.60. The molecule has 0 heterocycles. The molecule has 0 aromatic heterocycles. The van der Waals surface area contributed by atoms with Gasteiger partial charge in [0.2, 0.25) is 0 Å². The number of aliphatic hydroxyl groups is 1. The minimum absolute atomic E-state index is 0.108. The second-order valence-corrected chi connectivity index (χ2v) is 4.18. The molecule has 0 aromatic rings. The first-order valence-electron chi connectivity index (χ1n) is 6.31. The molecule has 0 aliphatic rings. The highest BCUT2D eigenvalue weighted by atomic mass is 16.3. The van der Waals surface area contributed by atoms with E-state index in [-0.39, 0.29) is 18.7 Å². The van der Waals surface area contributed by atoms with Gasteiger partial charge in [0.1, 0.15) is 0 Å². The second kappa shape index (κ2) is 9.13. The molecular formula is C12H28N2O. The van der Waals surface area contributed by atoms with E-state index < -0.39 is 0 Å². The molecule has 0 bridgehead atoms. The van der Waals surface area contributed by atoms with Crippen LogP contribution in [0.15, 0.2) is 0 Å². The lowest BCUT2D eigenvalue weighted by molar-refractivity contribution is 0.104. The van der Waals surface area contributed by atoms with E-state index in [2.05, 4.69) is 25.7 Å². The summed E-state index contributed by atoms with van der Waals surface area (Å²) in [7, 11) is 0. The Balaban J connectivity index is 4.18. The molecule has 3 N–H and O–H groups in total. The Kier molecular flexibility index (Phi) is 9.06. The third-order valence-corrected chi connectivity index (χ3v) is 2.98. The first-order valence-corrected chi connectivity index (χ1v) is 6.31. The van der Waals surface area contributed by atoms with E-state index in [1.807, 2.05) is 0 Å². The fourth-order valence-electron chi connectivity index (χ4n) is 1.97. The van der Waals surface area contributed by atoms with E-state index in [1.54, 1.807) is 0 Å². The molecule has 0 aliphatic heterocycles. The maximum absolute atomic E-state index is 9.40. The highest BCUT2D eigenvalue weighted by molar-refractivity contribution is 4.80. The van der Waals surface area contributed by atoms with Gasteiger partial charge in [-0.2, -0.15) is 0 Å². The zero-order valence-electron chi connectivity index (χ0n) is 10.6. The van der Waals surface area contributed by atoms with Gasteiger partial charge in [-0.3, -0.25) is 4.90 Å². The van der Waals surface area contributed by atoms with Gasteiger partial charge in [0.15, 0.2) is 0 Å². The van der Waals surface area contributed by atoms with Crippen molar-refractivity contribution in [2.45, 2.75) is 58.5 Å². The minimum Gasteiger partial charge on any atom is -0.395 e. The molecular weight excluding hydrogens is 188 g/mol. The smallest absolute Gasteiger partial charge is 0.0601 e. The summed E-state index contributed by atoms with van der Waals surface area (Å²) < 4.78 is 0. The van der Waals surface area contributed by atoms with Gasteiger partial charge in [0.25, 0.3) is 0 Å². The van der Waals surface area contributed by atoms with Gasteiger partial charge >= 0.3 is 0 Å².